The molecule has 8 aliphatic rings. The van der Waals surface area contributed by atoms with Crippen LogP contribution in [0.25, 0.3) is 0 Å². The molecule has 7 saturated heterocycles. The maximum absolute atomic E-state index is 6.04. The van der Waals surface area contributed by atoms with Crippen LogP contribution in [0, 0.1) is 5.92 Å². The van der Waals surface area contributed by atoms with Crippen molar-refractivity contribution < 1.29 is 27.1 Å². The summed E-state index contributed by atoms with van der Waals surface area (Å²) >= 11 is 0. The molecule has 0 aromatic rings. The van der Waals surface area contributed by atoms with Crippen molar-refractivity contribution in [3.05, 3.63) is 0 Å². The van der Waals surface area contributed by atoms with Gasteiger partial charge in [0.1, 0.15) is 0 Å². The normalized spacial score (nSPS) is 63.9. The molecule has 0 radical (unpaired) electrons. The molecular weight excluding hydrogens is 316 g/mol. The summed E-state index contributed by atoms with van der Waals surface area (Å²) in [4.78, 5) is -0.289. The van der Waals surface area contributed by atoms with E-state index in [-0.39, 0.29) is 4.90 Å². The molecular formula is C12H21NO6P2. The molecule has 1 saturated carbocycles. The second-order valence-corrected chi connectivity index (χ2v) is 13.3. The van der Waals surface area contributed by atoms with Crippen molar-refractivity contribution in [1.82, 2.24) is 5.32 Å². The molecule has 1 aliphatic carbocycles. The zero-order valence-electron chi connectivity index (χ0n) is 12.1. The third-order valence-electron chi connectivity index (χ3n) is 6.00. The molecule has 1 N–H and O–H groups in total. The molecule has 0 spiro atoms. The summed E-state index contributed by atoms with van der Waals surface area (Å²) in [5, 5.41) is 3.64. The number of piperidine rings is 1. The fourth-order valence-electron chi connectivity index (χ4n) is 5.19. The number of hydrogen-bond acceptors (Lipinski definition) is 7. The molecule has 8 fully saturated rings. The molecule has 4 bridgehead atoms. The van der Waals surface area contributed by atoms with Crippen LogP contribution in [-0.2, 0) is 27.1 Å². The summed E-state index contributed by atoms with van der Waals surface area (Å²) in [5.74, 6) is -0.987. The Hall–Kier alpha value is 0.580. The zero-order valence-corrected chi connectivity index (χ0v) is 14.1. The van der Waals surface area contributed by atoms with E-state index in [2.05, 4.69) is 5.32 Å². The van der Waals surface area contributed by atoms with E-state index in [1.54, 1.807) is 0 Å². The van der Waals surface area contributed by atoms with Crippen molar-refractivity contribution in [3.8, 4) is 0 Å². The summed E-state index contributed by atoms with van der Waals surface area (Å²) in [6.07, 6.45) is 4.38. The van der Waals surface area contributed by atoms with Crippen LogP contribution in [0.5, 0.6) is 0 Å². The molecule has 120 valence electrons. The van der Waals surface area contributed by atoms with Gasteiger partial charge in [-0.25, -0.2) is 0 Å². The molecule has 0 aromatic carbocycles. The van der Waals surface area contributed by atoms with E-state index in [0.29, 0.717) is 12.0 Å². The first-order valence-electron chi connectivity index (χ1n) is 7.86. The van der Waals surface area contributed by atoms with Crippen molar-refractivity contribution in [2.24, 2.45) is 5.92 Å². The van der Waals surface area contributed by atoms with E-state index < -0.39 is 27.8 Å². The molecule has 21 heavy (non-hydrogen) atoms. The van der Waals surface area contributed by atoms with E-state index >= 15 is 0 Å². The molecule has 7 heterocycles. The SMILES string of the molecule is CC12O[PH](C3([PH]45OC(C)(O4)O5)C[C@@H]4CCCN[C@@H]4C3)(O1)O2. The molecule has 0 amide bonds. The summed E-state index contributed by atoms with van der Waals surface area (Å²) in [7, 11) is -5.37. The first-order chi connectivity index (χ1) is 9.92. The van der Waals surface area contributed by atoms with Crippen molar-refractivity contribution in [2.75, 3.05) is 6.54 Å². The summed E-state index contributed by atoms with van der Waals surface area (Å²) in [6.45, 7) is 4.73. The Bertz CT molecular complexity index is 470. The quantitative estimate of drug-likeness (QED) is 0.776. The van der Waals surface area contributed by atoms with Gasteiger partial charge in [0.2, 0.25) is 0 Å². The van der Waals surface area contributed by atoms with Crippen LogP contribution in [-0.4, -0.2) is 29.4 Å². The van der Waals surface area contributed by atoms with E-state index in [4.69, 9.17) is 27.1 Å². The summed E-state index contributed by atoms with van der Waals surface area (Å²) in [5.41, 5.74) is 0. The summed E-state index contributed by atoms with van der Waals surface area (Å²) in [6, 6.07) is 0.481. The first-order valence-corrected chi connectivity index (χ1v) is 11.3. The molecule has 8 rings (SSSR count). The average molecular weight is 337 g/mol. The Kier molecular flexibility index (Phi) is 2.06. The monoisotopic (exact) mass is 337 g/mol. The molecule has 2 atom stereocenters. The van der Waals surface area contributed by atoms with Crippen molar-refractivity contribution in [3.63, 3.8) is 0 Å². The van der Waals surface area contributed by atoms with Crippen molar-refractivity contribution >= 4 is 15.9 Å². The van der Waals surface area contributed by atoms with Crippen molar-refractivity contribution in [2.45, 2.75) is 62.4 Å². The second kappa shape index (κ2) is 3.34. The standard InChI is InChI=1S/C12H21NO6P2/c1-10-14-20(15-10,16-10)12(21-17-11(2,18-21)19-21)6-8-4-3-5-13-9(8)7-12/h8-9,13,20-21H,3-7H2,1-2H3/t8-,9+/m0/s1. The number of nitrogens with one attached hydrogen (secondary N) is 1. The molecule has 7 nitrogen and oxygen atoms in total. The van der Waals surface area contributed by atoms with Crippen LogP contribution in [0.2, 0.25) is 0 Å². The zero-order chi connectivity index (χ0) is 14.1. The summed E-state index contributed by atoms with van der Waals surface area (Å²) < 4.78 is 36.2. The fraction of sp³-hybridized carbons (Fsp3) is 1.00. The van der Waals surface area contributed by atoms with Crippen LogP contribution in [0.4, 0.5) is 0 Å². The number of rotatable bonds is 2. The van der Waals surface area contributed by atoms with Gasteiger partial charge in [0.15, 0.2) is 0 Å². The third kappa shape index (κ3) is 1.24. The van der Waals surface area contributed by atoms with Crippen LogP contribution in [0.15, 0.2) is 0 Å². The number of hydrogen-bond donors (Lipinski definition) is 1. The third-order valence-corrected chi connectivity index (χ3v) is 14.8. The van der Waals surface area contributed by atoms with Gasteiger partial charge < -0.3 is 0 Å². The van der Waals surface area contributed by atoms with Gasteiger partial charge >= 0.3 is 123 Å². The van der Waals surface area contributed by atoms with Crippen LogP contribution < -0.4 is 5.32 Å². The van der Waals surface area contributed by atoms with Gasteiger partial charge in [0.25, 0.3) is 0 Å². The van der Waals surface area contributed by atoms with Gasteiger partial charge in [-0.05, 0) is 0 Å². The Morgan fingerprint density at radius 1 is 0.905 bits per heavy atom. The molecule has 0 aromatic heterocycles. The van der Waals surface area contributed by atoms with E-state index in [9.17, 15) is 0 Å². The Labute approximate surface area is 124 Å². The van der Waals surface area contributed by atoms with Gasteiger partial charge in [-0.15, -0.1) is 0 Å². The van der Waals surface area contributed by atoms with Crippen LogP contribution in [0.1, 0.15) is 39.5 Å². The fourth-order valence-corrected chi connectivity index (χ4v) is 13.8. The molecule has 9 heteroatoms. The number of fused-ring (bicyclic) bond motifs is 1. The van der Waals surface area contributed by atoms with Gasteiger partial charge in [0, 0.05) is 0 Å². The Morgan fingerprint density at radius 3 is 1.95 bits per heavy atom. The van der Waals surface area contributed by atoms with E-state index in [0.717, 1.165) is 19.4 Å². The van der Waals surface area contributed by atoms with E-state index in [1.807, 2.05) is 13.8 Å². The molecule has 0 unspecified atom stereocenters. The van der Waals surface area contributed by atoms with Crippen molar-refractivity contribution in [1.29, 1.82) is 0 Å². The van der Waals surface area contributed by atoms with Gasteiger partial charge in [-0.3, -0.25) is 0 Å². The van der Waals surface area contributed by atoms with Crippen LogP contribution in [0.3, 0.4) is 0 Å². The predicted octanol–water partition coefficient (Wildman–Crippen LogP) is 2.34. The van der Waals surface area contributed by atoms with Gasteiger partial charge in [0.05, 0.1) is 0 Å². The minimum atomic E-state index is -2.68. The Morgan fingerprint density at radius 2 is 1.48 bits per heavy atom. The predicted molar refractivity (Wildman–Crippen MR) is 76.4 cm³/mol. The minimum absolute atomic E-state index is 0.289. The second-order valence-electron chi connectivity index (χ2n) is 7.40. The van der Waals surface area contributed by atoms with Gasteiger partial charge in [-0.1, -0.05) is 0 Å². The Balaban J connectivity index is 1.40. The average Bonchev–Trinajstić information content (AvgIpc) is 2.68. The molecule has 7 aliphatic heterocycles. The first kappa shape index (κ1) is 12.9. The maximum atomic E-state index is 6.04. The van der Waals surface area contributed by atoms with Gasteiger partial charge in [-0.2, -0.15) is 0 Å². The van der Waals surface area contributed by atoms with Crippen LogP contribution >= 0.6 is 15.9 Å². The van der Waals surface area contributed by atoms with E-state index in [1.165, 1.54) is 12.8 Å². The topological polar surface area (TPSA) is 67.4 Å².